The topological polar surface area (TPSA) is 0 Å². The maximum Gasteiger partial charge on any atom is 0.166 e. The summed E-state index contributed by atoms with van der Waals surface area (Å²) in [5.41, 5.74) is 2.76. The van der Waals surface area contributed by atoms with E-state index >= 15 is 8.78 Å². The van der Waals surface area contributed by atoms with Crippen LogP contribution in [0.5, 0.6) is 0 Å². The van der Waals surface area contributed by atoms with E-state index in [4.69, 9.17) is 0 Å². The van der Waals surface area contributed by atoms with E-state index in [0.29, 0.717) is 48.3 Å². The fourth-order valence-corrected chi connectivity index (χ4v) is 5.83. The van der Waals surface area contributed by atoms with E-state index in [2.05, 4.69) is 6.92 Å². The average Bonchev–Trinajstić information content (AvgIpc) is 2.91. The number of rotatable bonds is 9. The van der Waals surface area contributed by atoms with Crippen LogP contribution in [0.3, 0.4) is 0 Å². The number of aryl methyl sites for hydroxylation is 1. The number of hydrogen-bond donors (Lipinski definition) is 0. The van der Waals surface area contributed by atoms with Gasteiger partial charge in [0, 0.05) is 11.5 Å². The molecule has 2 aromatic carbocycles. The molecule has 2 aromatic rings. The van der Waals surface area contributed by atoms with Crippen molar-refractivity contribution in [1.29, 1.82) is 0 Å². The quantitative estimate of drug-likeness (QED) is 0.302. The van der Waals surface area contributed by atoms with Crippen molar-refractivity contribution in [3.63, 3.8) is 0 Å². The molecule has 0 bridgehead atoms. The second-order valence-corrected chi connectivity index (χ2v) is 10.6. The molecule has 0 radical (unpaired) electrons. The van der Waals surface area contributed by atoms with Gasteiger partial charge in [-0.05, 0) is 85.5 Å². The Morgan fingerprint density at radius 1 is 0.806 bits per heavy atom. The number of benzene rings is 2. The fraction of sp³-hybridized carbons (Fsp3) is 0.500. The lowest BCUT2D eigenvalue weighted by molar-refractivity contribution is 0.312. The number of halogens is 4. The van der Waals surface area contributed by atoms with Crippen LogP contribution >= 0.6 is 0 Å². The number of allylic oxidation sites excluding steroid dienone is 4. The normalized spacial score (nSPS) is 22.6. The SMILES string of the molecule is CCCCC1CC=C(CCc2ccc(-c3ccc(C4CCC(CC)CC4)c(F)c3F)cc2)C(F)=C1F. The molecule has 0 spiro atoms. The Labute approximate surface area is 213 Å². The molecule has 2 aliphatic carbocycles. The van der Waals surface area contributed by atoms with E-state index in [9.17, 15) is 8.78 Å². The summed E-state index contributed by atoms with van der Waals surface area (Å²) in [5.74, 6) is -2.34. The van der Waals surface area contributed by atoms with Gasteiger partial charge in [-0.3, -0.25) is 0 Å². The number of hydrogen-bond acceptors (Lipinski definition) is 0. The molecule has 4 heteroatoms. The third kappa shape index (κ3) is 5.95. The van der Waals surface area contributed by atoms with Crippen LogP contribution in [0.1, 0.15) is 95.1 Å². The van der Waals surface area contributed by atoms with Crippen molar-refractivity contribution in [3.05, 3.63) is 82.5 Å². The Morgan fingerprint density at radius 3 is 2.19 bits per heavy atom. The monoisotopic (exact) mass is 498 g/mol. The maximum absolute atomic E-state index is 15.1. The summed E-state index contributed by atoms with van der Waals surface area (Å²) in [4.78, 5) is 0. The first kappa shape index (κ1) is 26.7. The van der Waals surface area contributed by atoms with Gasteiger partial charge in [0.25, 0.3) is 0 Å². The van der Waals surface area contributed by atoms with Gasteiger partial charge in [-0.25, -0.2) is 17.6 Å². The lowest BCUT2D eigenvalue weighted by atomic mass is 9.77. The molecule has 0 amide bonds. The highest BCUT2D eigenvalue weighted by atomic mass is 19.2. The summed E-state index contributed by atoms with van der Waals surface area (Å²) in [6.07, 6.45) is 11.0. The molecule has 1 unspecified atom stereocenters. The van der Waals surface area contributed by atoms with Gasteiger partial charge < -0.3 is 0 Å². The molecule has 0 nitrogen and oxygen atoms in total. The van der Waals surface area contributed by atoms with Gasteiger partial charge in [-0.2, -0.15) is 0 Å². The Hall–Kier alpha value is -2.36. The molecular formula is C32H38F4. The third-order valence-electron chi connectivity index (χ3n) is 8.33. The molecule has 0 aliphatic heterocycles. The van der Waals surface area contributed by atoms with Crippen LogP contribution in [0.4, 0.5) is 17.6 Å². The summed E-state index contributed by atoms with van der Waals surface area (Å²) in [7, 11) is 0. The third-order valence-corrected chi connectivity index (χ3v) is 8.33. The molecule has 0 heterocycles. The highest BCUT2D eigenvalue weighted by molar-refractivity contribution is 5.65. The molecule has 4 rings (SSSR count). The van der Waals surface area contributed by atoms with Crippen LogP contribution < -0.4 is 0 Å². The van der Waals surface area contributed by atoms with E-state index in [-0.39, 0.29) is 17.4 Å². The van der Waals surface area contributed by atoms with Crippen LogP contribution in [-0.2, 0) is 6.42 Å². The lowest BCUT2D eigenvalue weighted by Crippen LogP contribution is -2.14. The van der Waals surface area contributed by atoms with Crippen molar-refractivity contribution < 1.29 is 17.6 Å². The first-order chi connectivity index (χ1) is 17.4. The summed E-state index contributed by atoms with van der Waals surface area (Å²) in [6.45, 7) is 4.24. The van der Waals surface area contributed by atoms with Gasteiger partial charge >= 0.3 is 0 Å². The molecule has 1 fully saturated rings. The molecule has 0 N–H and O–H groups in total. The van der Waals surface area contributed by atoms with E-state index in [0.717, 1.165) is 50.5 Å². The molecule has 194 valence electrons. The minimum absolute atomic E-state index is 0.0917. The second-order valence-electron chi connectivity index (χ2n) is 10.6. The Kier molecular flexibility index (Phi) is 9.09. The molecule has 1 atom stereocenters. The van der Waals surface area contributed by atoms with Gasteiger partial charge in [0.2, 0.25) is 0 Å². The van der Waals surface area contributed by atoms with Crippen LogP contribution in [0.25, 0.3) is 11.1 Å². The van der Waals surface area contributed by atoms with Gasteiger partial charge in [0.15, 0.2) is 17.5 Å². The van der Waals surface area contributed by atoms with Gasteiger partial charge in [-0.15, -0.1) is 0 Å². The van der Waals surface area contributed by atoms with Crippen molar-refractivity contribution in [2.75, 3.05) is 0 Å². The molecule has 1 saturated carbocycles. The largest absolute Gasteiger partial charge is 0.208 e. The highest BCUT2D eigenvalue weighted by Crippen LogP contribution is 2.40. The standard InChI is InChI=1S/C32H38F4/c1-3-5-6-25-17-18-26(30(34)29(25)33)16-11-22-9-14-24(15-10-22)28-20-19-27(31(35)32(28)36)23-12-7-21(4-2)8-13-23/h9-10,14-15,18-21,23,25H,3-8,11-13,16-17H2,1-2H3. The molecule has 0 aromatic heterocycles. The van der Waals surface area contributed by atoms with Crippen molar-refractivity contribution in [3.8, 4) is 11.1 Å². The lowest BCUT2D eigenvalue weighted by Gasteiger charge is -2.28. The van der Waals surface area contributed by atoms with Gasteiger partial charge in [0.05, 0.1) is 0 Å². The van der Waals surface area contributed by atoms with E-state index in [1.165, 1.54) is 0 Å². The summed E-state index contributed by atoms with van der Waals surface area (Å²) < 4.78 is 59.1. The smallest absolute Gasteiger partial charge is 0.166 e. The average molecular weight is 499 g/mol. The summed E-state index contributed by atoms with van der Waals surface area (Å²) in [6, 6.07) is 10.7. The van der Waals surface area contributed by atoms with Crippen molar-refractivity contribution >= 4 is 0 Å². The zero-order valence-corrected chi connectivity index (χ0v) is 21.6. The van der Waals surface area contributed by atoms with Gasteiger partial charge in [0.1, 0.15) is 5.83 Å². The zero-order chi connectivity index (χ0) is 25.7. The molecule has 36 heavy (non-hydrogen) atoms. The van der Waals surface area contributed by atoms with Crippen LogP contribution in [0.15, 0.2) is 59.7 Å². The maximum atomic E-state index is 15.1. The molecule has 2 aliphatic rings. The second kappa shape index (κ2) is 12.3. The first-order valence-corrected chi connectivity index (χ1v) is 13.7. The van der Waals surface area contributed by atoms with E-state index in [1.807, 2.05) is 25.1 Å². The summed E-state index contributed by atoms with van der Waals surface area (Å²) >= 11 is 0. The van der Waals surface area contributed by atoms with Crippen LogP contribution in [0.2, 0.25) is 0 Å². The zero-order valence-electron chi connectivity index (χ0n) is 21.6. The Balaban J connectivity index is 1.40. The van der Waals surface area contributed by atoms with Crippen molar-refractivity contribution in [1.82, 2.24) is 0 Å². The van der Waals surface area contributed by atoms with E-state index < -0.39 is 23.3 Å². The predicted octanol–water partition coefficient (Wildman–Crippen LogP) is 10.5. The van der Waals surface area contributed by atoms with Crippen LogP contribution in [0, 0.1) is 23.5 Å². The minimum atomic E-state index is -0.787. The van der Waals surface area contributed by atoms with Gasteiger partial charge in [-0.1, -0.05) is 75.6 Å². The predicted molar refractivity (Wildman–Crippen MR) is 140 cm³/mol. The summed E-state index contributed by atoms with van der Waals surface area (Å²) in [5, 5.41) is 0. The van der Waals surface area contributed by atoms with Crippen molar-refractivity contribution in [2.24, 2.45) is 11.8 Å². The van der Waals surface area contributed by atoms with Crippen molar-refractivity contribution in [2.45, 2.75) is 90.4 Å². The highest BCUT2D eigenvalue weighted by Gasteiger charge is 2.26. The fourth-order valence-electron chi connectivity index (χ4n) is 5.83. The number of unbranched alkanes of at least 4 members (excludes halogenated alkanes) is 1. The Morgan fingerprint density at radius 2 is 1.53 bits per heavy atom. The van der Waals surface area contributed by atoms with E-state index in [1.54, 1.807) is 24.3 Å². The molecule has 0 saturated heterocycles. The Bertz CT molecular complexity index is 1090. The minimum Gasteiger partial charge on any atom is -0.208 e. The molecular weight excluding hydrogens is 460 g/mol. The first-order valence-electron chi connectivity index (χ1n) is 13.7. The van der Waals surface area contributed by atoms with Crippen LogP contribution in [-0.4, -0.2) is 0 Å².